The number of nitrogens with one attached hydrogen (secondary N) is 1. The van der Waals surface area contributed by atoms with Crippen molar-refractivity contribution in [2.45, 2.75) is 6.04 Å². The Labute approximate surface area is 127 Å². The van der Waals surface area contributed by atoms with E-state index in [1.165, 1.54) is 0 Å². The van der Waals surface area contributed by atoms with Crippen molar-refractivity contribution in [2.24, 2.45) is 5.84 Å². The maximum Gasteiger partial charge on any atom is 0.152 e. The van der Waals surface area contributed by atoms with Crippen LogP contribution >= 0.6 is 38.9 Å². The van der Waals surface area contributed by atoms with Gasteiger partial charge in [-0.2, -0.15) is 0 Å². The molecule has 0 aliphatic rings. The Morgan fingerprint density at radius 2 is 2.21 bits per heavy atom. The summed E-state index contributed by atoms with van der Waals surface area (Å²) in [5, 5.41) is 3.60. The Bertz CT molecular complexity index is 724. The number of rotatable bonds is 3. The lowest BCUT2D eigenvalue weighted by Gasteiger charge is -2.11. The first-order valence-electron chi connectivity index (χ1n) is 5.57. The fraction of sp³-hybridized carbons (Fsp3) is 0.0769. The van der Waals surface area contributed by atoms with Gasteiger partial charge in [-0.15, -0.1) is 11.3 Å². The molecule has 2 heterocycles. The minimum Gasteiger partial charge on any atom is -0.457 e. The van der Waals surface area contributed by atoms with E-state index in [2.05, 4.69) is 21.4 Å². The number of hydrogen-bond donors (Lipinski definition) is 2. The van der Waals surface area contributed by atoms with Crippen LogP contribution in [-0.2, 0) is 0 Å². The Kier molecular flexibility index (Phi) is 3.64. The van der Waals surface area contributed by atoms with Gasteiger partial charge in [0.25, 0.3) is 0 Å². The number of para-hydroxylation sites is 1. The van der Waals surface area contributed by atoms with Gasteiger partial charge in [-0.3, -0.25) is 5.84 Å². The molecule has 0 saturated heterocycles. The molecule has 1 unspecified atom stereocenters. The van der Waals surface area contributed by atoms with Gasteiger partial charge in [-0.1, -0.05) is 23.7 Å². The molecular weight excluding hydrogens is 348 g/mol. The van der Waals surface area contributed by atoms with Crippen molar-refractivity contribution >= 4 is 49.8 Å². The van der Waals surface area contributed by atoms with E-state index in [4.69, 9.17) is 21.9 Å². The normalized spacial score (nSPS) is 13.0. The van der Waals surface area contributed by atoms with Gasteiger partial charge < -0.3 is 4.42 Å². The summed E-state index contributed by atoms with van der Waals surface area (Å²) in [6.07, 6.45) is 0. The molecule has 3 rings (SSSR count). The second-order valence-electron chi connectivity index (χ2n) is 4.09. The van der Waals surface area contributed by atoms with Gasteiger partial charge in [0.05, 0.1) is 8.81 Å². The molecule has 1 atom stereocenters. The second-order valence-corrected chi connectivity index (χ2v) is 6.79. The smallest absolute Gasteiger partial charge is 0.152 e. The van der Waals surface area contributed by atoms with Gasteiger partial charge in [0, 0.05) is 5.39 Å². The molecule has 0 radical (unpaired) electrons. The molecule has 0 amide bonds. The molecular formula is C13H10BrClN2OS. The lowest BCUT2D eigenvalue weighted by atomic mass is 10.1. The third kappa shape index (κ3) is 2.44. The fourth-order valence-corrected chi connectivity index (χ4v) is 3.43. The van der Waals surface area contributed by atoms with Crippen molar-refractivity contribution in [2.75, 3.05) is 0 Å². The van der Waals surface area contributed by atoms with Gasteiger partial charge >= 0.3 is 0 Å². The molecule has 1 aromatic carbocycles. The number of thiophene rings is 1. The van der Waals surface area contributed by atoms with Gasteiger partial charge in [-0.05, 0) is 45.1 Å². The van der Waals surface area contributed by atoms with Crippen LogP contribution in [0.2, 0.25) is 5.02 Å². The molecule has 2 aromatic heterocycles. The minimum atomic E-state index is -0.189. The summed E-state index contributed by atoms with van der Waals surface area (Å²) in [4.78, 5) is 0. The van der Waals surface area contributed by atoms with Gasteiger partial charge in [-0.25, -0.2) is 5.43 Å². The highest BCUT2D eigenvalue weighted by Crippen LogP contribution is 2.34. The topological polar surface area (TPSA) is 51.2 Å². The van der Waals surface area contributed by atoms with E-state index in [0.29, 0.717) is 10.6 Å². The summed E-state index contributed by atoms with van der Waals surface area (Å²) < 4.78 is 6.88. The molecule has 98 valence electrons. The molecule has 0 fully saturated rings. The van der Waals surface area contributed by atoms with Crippen LogP contribution in [-0.4, -0.2) is 0 Å². The van der Waals surface area contributed by atoms with Crippen molar-refractivity contribution < 1.29 is 4.42 Å². The van der Waals surface area contributed by atoms with Crippen LogP contribution in [0.25, 0.3) is 11.0 Å². The van der Waals surface area contributed by atoms with E-state index >= 15 is 0 Å². The molecule has 3 nitrogen and oxygen atoms in total. The van der Waals surface area contributed by atoms with Gasteiger partial charge in [0.15, 0.2) is 5.58 Å². The predicted octanol–water partition coefficient (Wildman–Crippen LogP) is 4.46. The fourth-order valence-electron chi connectivity index (χ4n) is 2.01. The summed E-state index contributed by atoms with van der Waals surface area (Å²) >= 11 is 11.2. The highest BCUT2D eigenvalue weighted by Gasteiger charge is 2.19. The zero-order chi connectivity index (χ0) is 13.4. The third-order valence-corrected chi connectivity index (χ3v) is 4.71. The first-order chi connectivity index (χ1) is 9.19. The quantitative estimate of drug-likeness (QED) is 0.537. The number of hydrogen-bond acceptors (Lipinski definition) is 4. The van der Waals surface area contributed by atoms with Gasteiger partial charge in [0.1, 0.15) is 11.8 Å². The summed E-state index contributed by atoms with van der Waals surface area (Å²) in [5.41, 5.74) is 4.52. The number of fused-ring (bicyclic) bond motifs is 1. The summed E-state index contributed by atoms with van der Waals surface area (Å²) in [6, 6.07) is 9.46. The maximum atomic E-state index is 6.12. The zero-order valence-corrected chi connectivity index (χ0v) is 12.8. The number of halogens is 2. The summed E-state index contributed by atoms with van der Waals surface area (Å²) in [7, 11) is 0. The van der Waals surface area contributed by atoms with Crippen LogP contribution in [0.1, 0.15) is 17.4 Å². The van der Waals surface area contributed by atoms with Crippen molar-refractivity contribution in [1.82, 2.24) is 5.43 Å². The second kappa shape index (κ2) is 5.26. The minimum absolute atomic E-state index is 0.189. The molecule has 6 heteroatoms. The van der Waals surface area contributed by atoms with Crippen molar-refractivity contribution in [1.29, 1.82) is 0 Å². The van der Waals surface area contributed by atoms with E-state index < -0.39 is 0 Å². The first-order valence-corrected chi connectivity index (χ1v) is 7.62. The van der Waals surface area contributed by atoms with Crippen LogP contribution in [0.3, 0.4) is 0 Å². The van der Waals surface area contributed by atoms with Crippen LogP contribution < -0.4 is 11.3 Å². The van der Waals surface area contributed by atoms with E-state index in [-0.39, 0.29) is 6.04 Å². The molecule has 3 aromatic rings. The number of nitrogens with two attached hydrogens (primary N) is 1. The molecule has 0 saturated carbocycles. The third-order valence-electron chi connectivity index (χ3n) is 2.89. The number of benzene rings is 1. The van der Waals surface area contributed by atoms with Crippen molar-refractivity contribution in [3.05, 3.63) is 55.8 Å². The van der Waals surface area contributed by atoms with E-state index in [1.54, 1.807) is 11.3 Å². The summed E-state index contributed by atoms with van der Waals surface area (Å²) in [6.45, 7) is 0. The molecule has 0 bridgehead atoms. The highest BCUT2D eigenvalue weighted by molar-refractivity contribution is 9.11. The maximum absolute atomic E-state index is 6.12. The molecule has 0 aliphatic carbocycles. The van der Waals surface area contributed by atoms with Crippen molar-refractivity contribution in [3.8, 4) is 0 Å². The standard InChI is InChI=1S/C13H10BrClN2OS/c14-11-5-8(6-19-11)12(17-16)10-4-7-2-1-3-9(15)13(7)18-10/h1-6,12,17H,16H2. The largest absolute Gasteiger partial charge is 0.457 e. The van der Waals surface area contributed by atoms with Crippen molar-refractivity contribution in [3.63, 3.8) is 0 Å². The molecule has 0 aliphatic heterocycles. The summed E-state index contributed by atoms with van der Waals surface area (Å²) in [5.74, 6) is 6.40. The van der Waals surface area contributed by atoms with Crippen LogP contribution in [0.5, 0.6) is 0 Å². The van der Waals surface area contributed by atoms with Gasteiger partial charge in [0.2, 0.25) is 0 Å². The average Bonchev–Trinajstić information content (AvgIpc) is 2.98. The Balaban J connectivity index is 2.09. The van der Waals surface area contributed by atoms with Crippen LogP contribution in [0.4, 0.5) is 0 Å². The van der Waals surface area contributed by atoms with Crippen LogP contribution in [0.15, 0.2) is 43.9 Å². The number of furan rings is 1. The Hall–Kier alpha value is -0.850. The lowest BCUT2D eigenvalue weighted by molar-refractivity contribution is 0.478. The SMILES string of the molecule is NNC(c1csc(Br)c1)c1cc2cccc(Cl)c2o1. The zero-order valence-electron chi connectivity index (χ0n) is 9.69. The lowest BCUT2D eigenvalue weighted by Crippen LogP contribution is -2.28. The first kappa shape index (κ1) is 13.1. The van der Waals surface area contributed by atoms with E-state index in [0.717, 1.165) is 20.5 Å². The number of hydrazine groups is 1. The predicted molar refractivity (Wildman–Crippen MR) is 82.4 cm³/mol. The van der Waals surface area contributed by atoms with E-state index in [9.17, 15) is 0 Å². The average molecular weight is 358 g/mol. The van der Waals surface area contributed by atoms with E-state index in [1.807, 2.05) is 35.7 Å². The molecule has 0 spiro atoms. The van der Waals surface area contributed by atoms with Crippen LogP contribution in [0, 0.1) is 0 Å². The molecule has 3 N–H and O–H groups in total. The Morgan fingerprint density at radius 1 is 1.37 bits per heavy atom. The molecule has 19 heavy (non-hydrogen) atoms. The monoisotopic (exact) mass is 356 g/mol. The highest BCUT2D eigenvalue weighted by atomic mass is 79.9. The Morgan fingerprint density at radius 3 is 2.84 bits per heavy atom.